The molecule has 7 heteroatoms. The Kier molecular flexibility index (Phi) is 5.44. The summed E-state index contributed by atoms with van der Waals surface area (Å²) in [5, 5.41) is 7.96. The molecule has 0 bridgehead atoms. The molecule has 2 aromatic heterocycles. The van der Waals surface area contributed by atoms with Gasteiger partial charge in [0.25, 0.3) is 5.91 Å². The van der Waals surface area contributed by atoms with Crippen LogP contribution in [0.2, 0.25) is 0 Å². The highest BCUT2D eigenvalue weighted by atomic mass is 32.2. The second-order valence-electron chi connectivity index (χ2n) is 5.98. The van der Waals surface area contributed by atoms with Crippen LogP contribution in [0.5, 0.6) is 0 Å². The fraction of sp³-hybridized carbons (Fsp3) is 0.0476. The van der Waals surface area contributed by atoms with Gasteiger partial charge < -0.3 is 5.32 Å². The highest BCUT2D eigenvalue weighted by molar-refractivity contribution is 7.99. The second kappa shape index (κ2) is 8.49. The van der Waals surface area contributed by atoms with Gasteiger partial charge >= 0.3 is 0 Å². The Morgan fingerprint density at radius 1 is 1.00 bits per heavy atom. The topological polar surface area (TPSA) is 72.7 Å². The van der Waals surface area contributed by atoms with E-state index in [1.807, 2.05) is 66.7 Å². The monoisotopic (exact) mass is 387 g/mol. The van der Waals surface area contributed by atoms with Gasteiger partial charge in [-0.3, -0.25) is 4.79 Å². The van der Waals surface area contributed by atoms with Crippen LogP contribution in [0.4, 0.5) is 0 Å². The molecule has 138 valence electrons. The summed E-state index contributed by atoms with van der Waals surface area (Å²) in [6, 6.07) is 21.1. The lowest BCUT2D eigenvalue weighted by atomic mass is 10.2. The van der Waals surface area contributed by atoms with E-state index >= 15 is 0 Å². The molecule has 2 heterocycles. The highest BCUT2D eigenvalue weighted by Gasteiger charge is 2.06. The molecule has 4 rings (SSSR count). The van der Waals surface area contributed by atoms with Crippen LogP contribution >= 0.6 is 11.8 Å². The average molecular weight is 387 g/mol. The van der Waals surface area contributed by atoms with Gasteiger partial charge in [-0.2, -0.15) is 5.10 Å². The van der Waals surface area contributed by atoms with Crippen LogP contribution in [0, 0.1) is 0 Å². The molecule has 0 fully saturated rings. The molecule has 28 heavy (non-hydrogen) atoms. The summed E-state index contributed by atoms with van der Waals surface area (Å²) in [5.41, 5.74) is 2.57. The molecule has 0 aliphatic carbocycles. The van der Waals surface area contributed by atoms with Gasteiger partial charge in [0.1, 0.15) is 17.7 Å². The molecule has 0 spiro atoms. The van der Waals surface area contributed by atoms with Crippen molar-refractivity contribution in [2.45, 2.75) is 16.5 Å². The summed E-state index contributed by atoms with van der Waals surface area (Å²) in [5.74, 6) is -0.102. The van der Waals surface area contributed by atoms with Crippen molar-refractivity contribution in [2.75, 3.05) is 0 Å². The maximum absolute atomic E-state index is 12.4. The molecule has 1 N–H and O–H groups in total. The van der Waals surface area contributed by atoms with Crippen LogP contribution in [0.3, 0.4) is 0 Å². The molecule has 0 saturated carbocycles. The van der Waals surface area contributed by atoms with Gasteiger partial charge in [0.15, 0.2) is 0 Å². The van der Waals surface area contributed by atoms with Crippen LogP contribution in [-0.4, -0.2) is 25.7 Å². The number of carbonyl (C=O) groups excluding carboxylic acids is 1. The SMILES string of the molecule is O=C(NCc1ccc(-n2cncn2)cc1)c1ccc(Sc2ccccn2)cc1. The molecule has 2 aromatic carbocycles. The van der Waals surface area contributed by atoms with Gasteiger partial charge in [-0.1, -0.05) is 30.0 Å². The van der Waals surface area contributed by atoms with Gasteiger partial charge in [-0.15, -0.1) is 0 Å². The quantitative estimate of drug-likeness (QED) is 0.546. The molecule has 0 atom stereocenters. The average Bonchev–Trinajstić information content (AvgIpc) is 3.29. The minimum Gasteiger partial charge on any atom is -0.348 e. The normalized spacial score (nSPS) is 10.6. The third kappa shape index (κ3) is 4.44. The molecule has 0 aliphatic heterocycles. The summed E-state index contributed by atoms with van der Waals surface area (Å²) in [6.07, 6.45) is 4.91. The molecule has 0 radical (unpaired) electrons. The Morgan fingerprint density at radius 2 is 1.82 bits per heavy atom. The van der Waals surface area contributed by atoms with Gasteiger partial charge in [0, 0.05) is 23.2 Å². The van der Waals surface area contributed by atoms with E-state index in [2.05, 4.69) is 20.4 Å². The fourth-order valence-corrected chi connectivity index (χ4v) is 3.37. The van der Waals surface area contributed by atoms with E-state index in [4.69, 9.17) is 0 Å². The summed E-state index contributed by atoms with van der Waals surface area (Å²) >= 11 is 1.56. The lowest BCUT2D eigenvalue weighted by molar-refractivity contribution is 0.0951. The molecular weight excluding hydrogens is 370 g/mol. The minimum absolute atomic E-state index is 0.102. The van der Waals surface area contributed by atoms with Crippen LogP contribution in [0.1, 0.15) is 15.9 Å². The molecule has 0 saturated heterocycles. The number of hydrogen-bond donors (Lipinski definition) is 1. The third-order valence-corrected chi connectivity index (χ3v) is 5.01. The maximum Gasteiger partial charge on any atom is 0.251 e. The molecule has 0 aliphatic rings. The lowest BCUT2D eigenvalue weighted by Gasteiger charge is -2.07. The Morgan fingerprint density at radius 3 is 2.50 bits per heavy atom. The van der Waals surface area contributed by atoms with Crippen LogP contribution < -0.4 is 5.32 Å². The molecular formula is C21H17N5OS. The first-order valence-corrected chi connectivity index (χ1v) is 9.51. The van der Waals surface area contributed by atoms with E-state index in [-0.39, 0.29) is 5.91 Å². The van der Waals surface area contributed by atoms with Gasteiger partial charge in [-0.05, 0) is 54.1 Å². The number of hydrogen-bond acceptors (Lipinski definition) is 5. The number of pyridine rings is 1. The first-order chi connectivity index (χ1) is 13.8. The summed E-state index contributed by atoms with van der Waals surface area (Å²) in [7, 11) is 0. The summed E-state index contributed by atoms with van der Waals surface area (Å²) in [4.78, 5) is 21.7. The van der Waals surface area contributed by atoms with E-state index in [9.17, 15) is 4.79 Å². The van der Waals surface area contributed by atoms with E-state index in [0.717, 1.165) is 21.2 Å². The first-order valence-electron chi connectivity index (χ1n) is 8.69. The van der Waals surface area contributed by atoms with Crippen molar-refractivity contribution >= 4 is 17.7 Å². The largest absolute Gasteiger partial charge is 0.348 e. The van der Waals surface area contributed by atoms with Gasteiger partial charge in [-0.25, -0.2) is 14.6 Å². The van der Waals surface area contributed by atoms with Crippen molar-refractivity contribution in [3.63, 3.8) is 0 Å². The van der Waals surface area contributed by atoms with E-state index < -0.39 is 0 Å². The highest BCUT2D eigenvalue weighted by Crippen LogP contribution is 2.25. The summed E-state index contributed by atoms with van der Waals surface area (Å²) in [6.45, 7) is 0.459. The van der Waals surface area contributed by atoms with Crippen molar-refractivity contribution in [1.82, 2.24) is 25.1 Å². The van der Waals surface area contributed by atoms with Crippen LogP contribution in [0.25, 0.3) is 5.69 Å². The van der Waals surface area contributed by atoms with Crippen molar-refractivity contribution in [3.05, 3.63) is 96.7 Å². The zero-order valence-corrected chi connectivity index (χ0v) is 15.7. The van der Waals surface area contributed by atoms with Crippen molar-refractivity contribution in [2.24, 2.45) is 0 Å². The smallest absolute Gasteiger partial charge is 0.251 e. The molecule has 1 amide bonds. The zero-order valence-electron chi connectivity index (χ0n) is 14.9. The Hall–Kier alpha value is -3.45. The number of nitrogens with zero attached hydrogens (tertiary/aromatic N) is 4. The molecule has 0 unspecified atom stereocenters. The number of benzene rings is 2. The standard InChI is InChI=1S/C21H17N5OS/c27-21(17-6-10-19(11-7-17)28-20-3-1-2-12-23-20)24-13-16-4-8-18(9-5-16)26-15-22-14-25-26/h1-12,14-15H,13H2,(H,24,27). The number of aromatic nitrogens is 4. The van der Waals surface area contributed by atoms with Gasteiger partial charge in [0.05, 0.1) is 5.69 Å². The maximum atomic E-state index is 12.4. The Labute approximate surface area is 166 Å². The first kappa shape index (κ1) is 17.9. The molecule has 6 nitrogen and oxygen atoms in total. The molecule has 4 aromatic rings. The van der Waals surface area contributed by atoms with Crippen LogP contribution in [0.15, 0.2) is 95.5 Å². The van der Waals surface area contributed by atoms with Gasteiger partial charge in [0.2, 0.25) is 0 Å². The van der Waals surface area contributed by atoms with E-state index in [1.165, 1.54) is 6.33 Å². The second-order valence-corrected chi connectivity index (χ2v) is 7.08. The number of nitrogens with one attached hydrogen (secondary N) is 1. The fourth-order valence-electron chi connectivity index (χ4n) is 2.60. The predicted molar refractivity (Wildman–Crippen MR) is 107 cm³/mol. The number of amides is 1. The third-order valence-electron chi connectivity index (χ3n) is 4.05. The van der Waals surface area contributed by atoms with Crippen LogP contribution in [-0.2, 0) is 6.54 Å². The lowest BCUT2D eigenvalue weighted by Crippen LogP contribution is -2.22. The van der Waals surface area contributed by atoms with Crippen molar-refractivity contribution < 1.29 is 4.79 Å². The summed E-state index contributed by atoms with van der Waals surface area (Å²) < 4.78 is 1.69. The predicted octanol–water partition coefficient (Wildman–Crippen LogP) is 3.74. The van der Waals surface area contributed by atoms with Crippen molar-refractivity contribution in [1.29, 1.82) is 0 Å². The minimum atomic E-state index is -0.102. The Bertz CT molecular complexity index is 1030. The van der Waals surface area contributed by atoms with Crippen molar-refractivity contribution in [3.8, 4) is 5.69 Å². The van der Waals surface area contributed by atoms with E-state index in [1.54, 1.807) is 29.0 Å². The number of carbonyl (C=O) groups is 1. The number of rotatable bonds is 6. The van der Waals surface area contributed by atoms with E-state index in [0.29, 0.717) is 12.1 Å². The zero-order chi connectivity index (χ0) is 19.2. The Balaban J connectivity index is 1.33.